The van der Waals surface area contributed by atoms with Crippen LogP contribution in [0, 0.1) is 10.1 Å². The van der Waals surface area contributed by atoms with E-state index < -0.39 is 23.0 Å². The van der Waals surface area contributed by atoms with Crippen molar-refractivity contribution in [1.82, 2.24) is 0 Å². The van der Waals surface area contributed by atoms with Crippen molar-refractivity contribution in [3.63, 3.8) is 0 Å². The van der Waals surface area contributed by atoms with Crippen molar-refractivity contribution in [3.05, 3.63) is 39.9 Å². The third kappa shape index (κ3) is 3.06. The van der Waals surface area contributed by atoms with Crippen LogP contribution in [0.3, 0.4) is 0 Å². The van der Waals surface area contributed by atoms with Crippen LogP contribution in [-0.2, 0) is 14.3 Å². The number of benzene rings is 1. The molecule has 0 radical (unpaired) electrons. The van der Waals surface area contributed by atoms with Gasteiger partial charge in [-0.1, -0.05) is 0 Å². The Balaban J connectivity index is 2.03. The molecule has 1 saturated heterocycles. The summed E-state index contributed by atoms with van der Waals surface area (Å²) in [6, 6.07) is 4.98. The van der Waals surface area contributed by atoms with Crippen molar-refractivity contribution >= 4 is 17.6 Å². The summed E-state index contributed by atoms with van der Waals surface area (Å²) in [5, 5.41) is 10.5. The first-order valence-electron chi connectivity index (χ1n) is 5.70. The van der Waals surface area contributed by atoms with E-state index in [2.05, 4.69) is 0 Å². The van der Waals surface area contributed by atoms with Crippen LogP contribution in [0.2, 0.25) is 0 Å². The maximum atomic E-state index is 11.7. The number of rotatable bonds is 3. The Labute approximate surface area is 108 Å². The largest absolute Gasteiger partial charge is 0.463 e. The van der Waals surface area contributed by atoms with E-state index in [9.17, 15) is 19.7 Å². The van der Waals surface area contributed by atoms with Gasteiger partial charge in [0, 0.05) is 12.1 Å². The predicted octanol–water partition coefficient (Wildman–Crippen LogP) is 1.46. The van der Waals surface area contributed by atoms with Crippen LogP contribution in [-0.4, -0.2) is 29.6 Å². The third-order valence-electron chi connectivity index (χ3n) is 2.68. The Morgan fingerprint density at radius 1 is 1.37 bits per heavy atom. The first-order chi connectivity index (χ1) is 9.08. The second kappa shape index (κ2) is 5.47. The highest BCUT2D eigenvalue weighted by Gasteiger charge is 2.28. The Kier molecular flexibility index (Phi) is 3.74. The highest BCUT2D eigenvalue weighted by atomic mass is 16.6. The van der Waals surface area contributed by atoms with E-state index >= 15 is 0 Å². The van der Waals surface area contributed by atoms with Gasteiger partial charge in [-0.05, 0) is 25.0 Å². The smallest absolute Gasteiger partial charge is 0.347 e. The molecule has 1 heterocycles. The molecule has 1 fully saturated rings. The van der Waals surface area contributed by atoms with Gasteiger partial charge in [-0.25, -0.2) is 9.59 Å². The van der Waals surface area contributed by atoms with Gasteiger partial charge in [-0.2, -0.15) is 0 Å². The molecule has 7 nitrogen and oxygen atoms in total. The fourth-order valence-corrected chi connectivity index (χ4v) is 1.68. The molecule has 1 aromatic carbocycles. The zero-order chi connectivity index (χ0) is 13.8. The van der Waals surface area contributed by atoms with E-state index in [-0.39, 0.29) is 11.3 Å². The first-order valence-corrected chi connectivity index (χ1v) is 5.70. The van der Waals surface area contributed by atoms with Crippen LogP contribution in [0.1, 0.15) is 23.2 Å². The number of hydrogen-bond donors (Lipinski definition) is 0. The van der Waals surface area contributed by atoms with Gasteiger partial charge in [0.25, 0.3) is 5.69 Å². The summed E-state index contributed by atoms with van der Waals surface area (Å²) in [5.41, 5.74) is 0.0394. The molecule has 100 valence electrons. The molecular weight excluding hydrogens is 254 g/mol. The zero-order valence-corrected chi connectivity index (χ0v) is 9.90. The van der Waals surface area contributed by atoms with Gasteiger partial charge in [0.1, 0.15) is 0 Å². The number of ether oxygens (including phenoxy) is 2. The number of esters is 2. The molecule has 0 aliphatic carbocycles. The average molecular weight is 265 g/mol. The number of non-ortho nitro benzene ring substituents is 1. The Morgan fingerprint density at radius 3 is 2.63 bits per heavy atom. The molecule has 19 heavy (non-hydrogen) atoms. The summed E-state index contributed by atoms with van der Waals surface area (Å²) >= 11 is 0. The van der Waals surface area contributed by atoms with Crippen LogP contribution >= 0.6 is 0 Å². The second-order valence-electron chi connectivity index (χ2n) is 4.01. The van der Waals surface area contributed by atoms with Crippen molar-refractivity contribution in [3.8, 4) is 0 Å². The van der Waals surface area contributed by atoms with Gasteiger partial charge in [0.15, 0.2) is 6.10 Å². The molecule has 1 aliphatic heterocycles. The van der Waals surface area contributed by atoms with E-state index in [0.29, 0.717) is 19.4 Å². The minimum absolute atomic E-state index is 0.117. The molecule has 0 N–H and O–H groups in total. The fourth-order valence-electron chi connectivity index (χ4n) is 1.68. The summed E-state index contributed by atoms with van der Waals surface area (Å²) in [6.45, 7) is 0.338. The van der Waals surface area contributed by atoms with E-state index in [0.717, 1.165) is 0 Å². The van der Waals surface area contributed by atoms with Crippen molar-refractivity contribution in [2.45, 2.75) is 18.9 Å². The molecule has 0 saturated carbocycles. The monoisotopic (exact) mass is 265 g/mol. The molecule has 0 amide bonds. The minimum Gasteiger partial charge on any atom is -0.463 e. The molecule has 7 heteroatoms. The maximum Gasteiger partial charge on any atom is 0.347 e. The van der Waals surface area contributed by atoms with Gasteiger partial charge < -0.3 is 9.47 Å². The average Bonchev–Trinajstić information content (AvgIpc) is 2.41. The van der Waals surface area contributed by atoms with Crippen LogP contribution in [0.5, 0.6) is 0 Å². The SMILES string of the molecule is O=C(O[C@@H]1CCCOC1=O)c1ccc([N+](=O)[O-])cc1. The highest BCUT2D eigenvalue weighted by molar-refractivity contribution is 5.91. The minimum atomic E-state index is -0.892. The number of carbonyl (C=O) groups excluding carboxylic acids is 2. The lowest BCUT2D eigenvalue weighted by atomic mass is 10.1. The van der Waals surface area contributed by atoms with Crippen molar-refractivity contribution in [2.75, 3.05) is 6.61 Å². The molecule has 1 aromatic rings. The lowest BCUT2D eigenvalue weighted by molar-refractivity contribution is -0.384. The standard InChI is InChI=1S/C12H11NO6/c14-11(19-10-2-1-7-18-12(10)15)8-3-5-9(6-4-8)13(16)17/h3-6,10H,1-2,7H2/t10-/m1/s1. The summed E-state index contributed by atoms with van der Waals surface area (Å²) in [4.78, 5) is 33.0. The lowest BCUT2D eigenvalue weighted by Gasteiger charge is -2.20. The van der Waals surface area contributed by atoms with Crippen molar-refractivity contribution < 1.29 is 24.0 Å². The Bertz CT molecular complexity index is 509. The lowest BCUT2D eigenvalue weighted by Crippen LogP contribution is -2.33. The van der Waals surface area contributed by atoms with E-state index in [1.807, 2.05) is 0 Å². The molecule has 0 spiro atoms. The predicted molar refractivity (Wildman–Crippen MR) is 62.5 cm³/mol. The summed E-state index contributed by atoms with van der Waals surface area (Å²) in [5.74, 6) is -1.25. The van der Waals surface area contributed by atoms with Crippen molar-refractivity contribution in [1.29, 1.82) is 0 Å². The number of cyclic esters (lactones) is 1. The van der Waals surface area contributed by atoms with E-state index in [1.165, 1.54) is 24.3 Å². The molecule has 0 unspecified atom stereocenters. The molecule has 0 bridgehead atoms. The fraction of sp³-hybridized carbons (Fsp3) is 0.333. The van der Waals surface area contributed by atoms with Crippen LogP contribution in [0.15, 0.2) is 24.3 Å². The quantitative estimate of drug-likeness (QED) is 0.466. The van der Waals surface area contributed by atoms with Crippen LogP contribution < -0.4 is 0 Å². The number of nitro benzene ring substituents is 1. The topological polar surface area (TPSA) is 95.7 Å². The summed E-state index contributed by atoms with van der Waals surface area (Å²) in [7, 11) is 0. The van der Waals surface area contributed by atoms with Crippen LogP contribution in [0.4, 0.5) is 5.69 Å². The first kappa shape index (κ1) is 13.0. The third-order valence-corrected chi connectivity index (χ3v) is 2.68. The van der Waals surface area contributed by atoms with Gasteiger partial charge in [0.2, 0.25) is 0 Å². The van der Waals surface area contributed by atoms with Gasteiger partial charge >= 0.3 is 11.9 Å². The van der Waals surface area contributed by atoms with Gasteiger partial charge in [-0.15, -0.1) is 0 Å². The molecular formula is C12H11NO6. The van der Waals surface area contributed by atoms with Crippen LogP contribution in [0.25, 0.3) is 0 Å². The van der Waals surface area contributed by atoms with Gasteiger partial charge in [0.05, 0.1) is 17.1 Å². The van der Waals surface area contributed by atoms with Gasteiger partial charge in [-0.3, -0.25) is 10.1 Å². The normalized spacial score (nSPS) is 18.5. The summed E-state index contributed by atoms with van der Waals surface area (Å²) < 4.78 is 9.78. The van der Waals surface area contributed by atoms with E-state index in [4.69, 9.17) is 9.47 Å². The Hall–Kier alpha value is -2.44. The number of nitrogens with zero attached hydrogens (tertiary/aromatic N) is 1. The molecule has 1 aliphatic rings. The maximum absolute atomic E-state index is 11.7. The second-order valence-corrected chi connectivity index (χ2v) is 4.01. The molecule has 2 rings (SSSR count). The molecule has 1 atom stereocenters. The summed E-state index contributed by atoms with van der Waals surface area (Å²) in [6.07, 6.45) is 0.179. The highest BCUT2D eigenvalue weighted by Crippen LogP contribution is 2.16. The van der Waals surface area contributed by atoms with E-state index in [1.54, 1.807) is 0 Å². The zero-order valence-electron chi connectivity index (χ0n) is 9.90. The van der Waals surface area contributed by atoms with Crippen molar-refractivity contribution in [2.24, 2.45) is 0 Å². The number of nitro groups is 1. The number of hydrogen-bond acceptors (Lipinski definition) is 6. The molecule has 0 aromatic heterocycles. The number of carbonyl (C=O) groups is 2. The Morgan fingerprint density at radius 2 is 2.05 bits per heavy atom.